The van der Waals surface area contributed by atoms with Gasteiger partial charge in [-0.25, -0.2) is 0 Å². The summed E-state index contributed by atoms with van der Waals surface area (Å²) >= 11 is 0. The van der Waals surface area contributed by atoms with Crippen molar-refractivity contribution in [3.05, 3.63) is 29.8 Å². The lowest BCUT2D eigenvalue weighted by Crippen LogP contribution is -2.22. The number of rotatable bonds is 1. The van der Waals surface area contributed by atoms with Crippen molar-refractivity contribution in [1.29, 1.82) is 0 Å². The van der Waals surface area contributed by atoms with E-state index in [1.54, 1.807) is 0 Å². The van der Waals surface area contributed by atoms with E-state index in [1.807, 2.05) is 24.3 Å². The average molecular weight is 192 g/mol. The molecule has 0 N–H and O–H groups in total. The number of ether oxygens (including phenoxy) is 2. The summed E-state index contributed by atoms with van der Waals surface area (Å²) in [6.07, 6.45) is 0.698. The number of esters is 1. The number of methoxy groups -OCH3 is 1. The van der Waals surface area contributed by atoms with Crippen LogP contribution in [0.15, 0.2) is 24.3 Å². The Kier molecular flexibility index (Phi) is 2.39. The first kappa shape index (κ1) is 9.06. The Morgan fingerprint density at radius 2 is 2.29 bits per heavy atom. The third-order valence-corrected chi connectivity index (χ3v) is 2.44. The van der Waals surface area contributed by atoms with Crippen LogP contribution in [0, 0.1) is 0 Å². The number of benzene rings is 1. The lowest BCUT2D eigenvalue weighted by atomic mass is 9.93. The Morgan fingerprint density at radius 3 is 3.07 bits per heavy atom. The first-order valence-electron chi connectivity index (χ1n) is 4.62. The second-order valence-corrected chi connectivity index (χ2v) is 3.25. The minimum atomic E-state index is -0.180. The van der Waals surface area contributed by atoms with Crippen LogP contribution in [-0.2, 0) is 9.53 Å². The topological polar surface area (TPSA) is 35.5 Å². The fourth-order valence-electron chi connectivity index (χ4n) is 1.73. The average Bonchev–Trinajstić information content (AvgIpc) is 2.27. The largest absolute Gasteiger partial charge is 0.493 e. The van der Waals surface area contributed by atoms with Gasteiger partial charge in [-0.05, 0) is 12.5 Å². The smallest absolute Gasteiger partial charge is 0.313 e. The lowest BCUT2D eigenvalue weighted by Gasteiger charge is -2.23. The molecule has 1 aliphatic rings. The molecule has 0 saturated heterocycles. The predicted molar refractivity (Wildman–Crippen MR) is 51.3 cm³/mol. The highest BCUT2D eigenvalue weighted by Gasteiger charge is 2.27. The third-order valence-electron chi connectivity index (χ3n) is 2.44. The van der Waals surface area contributed by atoms with Gasteiger partial charge < -0.3 is 9.47 Å². The minimum Gasteiger partial charge on any atom is -0.493 e. The molecule has 3 nitrogen and oxygen atoms in total. The van der Waals surface area contributed by atoms with Crippen molar-refractivity contribution in [3.8, 4) is 5.75 Å². The summed E-state index contributed by atoms with van der Waals surface area (Å²) < 4.78 is 10.2. The Morgan fingerprint density at radius 1 is 1.50 bits per heavy atom. The summed E-state index contributed by atoms with van der Waals surface area (Å²) in [5.74, 6) is 0.458. The van der Waals surface area contributed by atoms with Crippen molar-refractivity contribution >= 4 is 5.97 Å². The van der Waals surface area contributed by atoms with E-state index < -0.39 is 0 Å². The van der Waals surface area contributed by atoms with Gasteiger partial charge in [-0.15, -0.1) is 0 Å². The van der Waals surface area contributed by atoms with E-state index in [-0.39, 0.29) is 11.9 Å². The number of para-hydroxylation sites is 1. The molecule has 0 radical (unpaired) electrons. The highest BCUT2D eigenvalue weighted by atomic mass is 16.5. The second kappa shape index (κ2) is 3.70. The predicted octanol–water partition coefficient (Wildman–Crippen LogP) is 1.73. The van der Waals surface area contributed by atoms with Crippen LogP contribution in [0.1, 0.15) is 17.9 Å². The SMILES string of the molecule is COC(=O)[C@@H]1CCOc2ccccc21. The molecule has 0 bridgehead atoms. The Balaban J connectivity index is 2.35. The summed E-state index contributed by atoms with van der Waals surface area (Å²) in [7, 11) is 1.42. The molecule has 0 amide bonds. The zero-order valence-electron chi connectivity index (χ0n) is 8.03. The van der Waals surface area contributed by atoms with E-state index in [1.165, 1.54) is 7.11 Å². The molecule has 2 rings (SSSR count). The molecule has 0 spiro atoms. The summed E-state index contributed by atoms with van der Waals surface area (Å²) in [5.41, 5.74) is 0.936. The van der Waals surface area contributed by atoms with Gasteiger partial charge in [0.05, 0.1) is 19.6 Å². The molecule has 1 aromatic rings. The second-order valence-electron chi connectivity index (χ2n) is 3.25. The van der Waals surface area contributed by atoms with Crippen molar-refractivity contribution in [2.75, 3.05) is 13.7 Å². The molecular formula is C11H12O3. The van der Waals surface area contributed by atoms with Gasteiger partial charge in [0, 0.05) is 5.56 Å². The molecule has 1 atom stereocenters. The van der Waals surface area contributed by atoms with Gasteiger partial charge in [-0.3, -0.25) is 4.79 Å². The highest BCUT2D eigenvalue weighted by molar-refractivity contribution is 5.79. The molecule has 0 fully saturated rings. The van der Waals surface area contributed by atoms with E-state index in [9.17, 15) is 4.79 Å². The lowest BCUT2D eigenvalue weighted by molar-refractivity contribution is -0.143. The first-order valence-corrected chi connectivity index (χ1v) is 4.62. The van der Waals surface area contributed by atoms with Gasteiger partial charge in [-0.2, -0.15) is 0 Å². The van der Waals surface area contributed by atoms with Crippen molar-refractivity contribution in [1.82, 2.24) is 0 Å². The normalized spacial score (nSPS) is 19.4. The fraction of sp³-hybridized carbons (Fsp3) is 0.364. The van der Waals surface area contributed by atoms with E-state index >= 15 is 0 Å². The number of hydrogen-bond donors (Lipinski definition) is 0. The van der Waals surface area contributed by atoms with Crippen molar-refractivity contribution in [3.63, 3.8) is 0 Å². The quantitative estimate of drug-likeness (QED) is 0.635. The van der Waals surface area contributed by atoms with E-state index in [0.29, 0.717) is 13.0 Å². The van der Waals surface area contributed by atoms with E-state index in [0.717, 1.165) is 11.3 Å². The molecular weight excluding hydrogens is 180 g/mol. The Hall–Kier alpha value is -1.51. The molecule has 14 heavy (non-hydrogen) atoms. The highest BCUT2D eigenvalue weighted by Crippen LogP contribution is 2.33. The van der Waals surface area contributed by atoms with Crippen LogP contribution in [0.3, 0.4) is 0 Å². The molecule has 0 aromatic heterocycles. The maximum Gasteiger partial charge on any atom is 0.313 e. The molecule has 1 aliphatic heterocycles. The van der Waals surface area contributed by atoms with Gasteiger partial charge in [0.2, 0.25) is 0 Å². The van der Waals surface area contributed by atoms with Crippen LogP contribution in [-0.4, -0.2) is 19.7 Å². The van der Waals surface area contributed by atoms with Crippen LogP contribution in [0.25, 0.3) is 0 Å². The molecule has 74 valence electrons. The van der Waals surface area contributed by atoms with Crippen LogP contribution in [0.5, 0.6) is 5.75 Å². The van der Waals surface area contributed by atoms with Crippen LogP contribution < -0.4 is 4.74 Å². The molecule has 0 unspecified atom stereocenters. The van der Waals surface area contributed by atoms with Crippen LogP contribution >= 0.6 is 0 Å². The van der Waals surface area contributed by atoms with Gasteiger partial charge in [0.1, 0.15) is 5.75 Å². The van der Waals surface area contributed by atoms with E-state index in [2.05, 4.69) is 0 Å². The van der Waals surface area contributed by atoms with Gasteiger partial charge in [0.25, 0.3) is 0 Å². The third kappa shape index (κ3) is 1.45. The molecule has 0 aliphatic carbocycles. The first-order chi connectivity index (χ1) is 6.83. The Bertz CT molecular complexity index is 346. The van der Waals surface area contributed by atoms with Crippen molar-refractivity contribution < 1.29 is 14.3 Å². The van der Waals surface area contributed by atoms with Crippen LogP contribution in [0.2, 0.25) is 0 Å². The van der Waals surface area contributed by atoms with Crippen molar-refractivity contribution in [2.24, 2.45) is 0 Å². The molecule has 3 heteroatoms. The number of fused-ring (bicyclic) bond motifs is 1. The minimum absolute atomic E-state index is 0.162. The monoisotopic (exact) mass is 192 g/mol. The number of carbonyl (C=O) groups excluding carboxylic acids is 1. The zero-order chi connectivity index (χ0) is 9.97. The fourth-order valence-corrected chi connectivity index (χ4v) is 1.73. The standard InChI is InChI=1S/C11H12O3/c1-13-11(12)9-6-7-14-10-5-3-2-4-8(9)10/h2-5,9H,6-7H2,1H3/t9-/m1/s1. The maximum atomic E-state index is 11.5. The summed E-state index contributed by atoms with van der Waals surface area (Å²) in [4.78, 5) is 11.5. The zero-order valence-corrected chi connectivity index (χ0v) is 8.03. The number of hydrogen-bond acceptors (Lipinski definition) is 3. The molecule has 1 heterocycles. The molecule has 1 aromatic carbocycles. The Labute approximate surface area is 82.6 Å². The van der Waals surface area contributed by atoms with Gasteiger partial charge in [-0.1, -0.05) is 18.2 Å². The van der Waals surface area contributed by atoms with E-state index in [4.69, 9.17) is 9.47 Å². The van der Waals surface area contributed by atoms with Gasteiger partial charge in [0.15, 0.2) is 0 Å². The molecule has 0 saturated carbocycles. The summed E-state index contributed by atoms with van der Waals surface area (Å²) in [6.45, 7) is 0.580. The van der Waals surface area contributed by atoms with Crippen LogP contribution in [0.4, 0.5) is 0 Å². The summed E-state index contributed by atoms with van der Waals surface area (Å²) in [5, 5.41) is 0. The van der Waals surface area contributed by atoms with Crippen molar-refractivity contribution in [2.45, 2.75) is 12.3 Å². The van der Waals surface area contributed by atoms with Gasteiger partial charge >= 0.3 is 5.97 Å². The summed E-state index contributed by atoms with van der Waals surface area (Å²) in [6, 6.07) is 7.60. The number of carbonyl (C=O) groups is 1. The maximum absolute atomic E-state index is 11.5.